The van der Waals surface area contributed by atoms with Crippen LogP contribution in [0, 0.1) is 11.7 Å². The molecule has 0 aliphatic heterocycles. The Morgan fingerprint density at radius 3 is 2.03 bits per heavy atom. The van der Waals surface area contributed by atoms with Gasteiger partial charge in [-0.2, -0.15) is 0 Å². The summed E-state index contributed by atoms with van der Waals surface area (Å²) in [7, 11) is 1.82. The van der Waals surface area contributed by atoms with E-state index in [0.29, 0.717) is 17.9 Å². The monoisotopic (exact) mass is 436 g/mol. The van der Waals surface area contributed by atoms with Gasteiger partial charge in [0, 0.05) is 12.7 Å². The van der Waals surface area contributed by atoms with Gasteiger partial charge in [0.1, 0.15) is 5.82 Å². The average Bonchev–Trinajstić information content (AvgIpc) is 2.85. The molecular formula is C30H41FO. The minimum atomic E-state index is -0.0686. The number of hydrogen-bond donors (Lipinski definition) is 0. The quantitative estimate of drug-likeness (QED) is 0.375. The van der Waals surface area contributed by atoms with Crippen LogP contribution >= 0.6 is 0 Å². The fourth-order valence-corrected chi connectivity index (χ4v) is 6.05. The number of unbranched alkanes of at least 4 members (excludes halogenated alkanes) is 2. The second kappa shape index (κ2) is 11.5. The fourth-order valence-electron chi connectivity index (χ4n) is 6.05. The minimum Gasteiger partial charge on any atom is -0.381 e. The van der Waals surface area contributed by atoms with Crippen LogP contribution in [-0.2, 0) is 4.74 Å². The molecule has 0 N–H and O–H groups in total. The second-order valence-electron chi connectivity index (χ2n) is 10.3. The molecule has 174 valence electrons. The van der Waals surface area contributed by atoms with Crippen molar-refractivity contribution < 1.29 is 9.13 Å². The van der Waals surface area contributed by atoms with Gasteiger partial charge < -0.3 is 4.74 Å². The predicted octanol–water partition coefficient (Wildman–Crippen LogP) is 9.02. The van der Waals surface area contributed by atoms with Gasteiger partial charge in [0.15, 0.2) is 0 Å². The Bertz CT molecular complexity index is 826. The molecule has 2 saturated carbocycles. The van der Waals surface area contributed by atoms with Crippen molar-refractivity contribution in [3.05, 3.63) is 59.4 Å². The molecule has 0 heterocycles. The first-order valence-corrected chi connectivity index (χ1v) is 13.1. The van der Waals surface area contributed by atoms with Crippen molar-refractivity contribution in [2.45, 2.75) is 102 Å². The van der Waals surface area contributed by atoms with Gasteiger partial charge in [-0.05, 0) is 91.9 Å². The summed E-state index contributed by atoms with van der Waals surface area (Å²) in [5, 5.41) is 0. The first-order valence-electron chi connectivity index (χ1n) is 13.1. The molecule has 0 atom stereocenters. The third-order valence-electron chi connectivity index (χ3n) is 8.23. The molecule has 0 radical (unpaired) electrons. The van der Waals surface area contributed by atoms with Crippen molar-refractivity contribution >= 4 is 0 Å². The maximum Gasteiger partial charge on any atom is 0.131 e. The highest BCUT2D eigenvalue weighted by Crippen LogP contribution is 2.39. The van der Waals surface area contributed by atoms with Crippen LogP contribution in [0.1, 0.15) is 107 Å². The van der Waals surface area contributed by atoms with Gasteiger partial charge in [-0.15, -0.1) is 0 Å². The van der Waals surface area contributed by atoms with Gasteiger partial charge in [0.2, 0.25) is 0 Å². The Balaban J connectivity index is 1.35. The molecule has 2 aliphatic rings. The zero-order chi connectivity index (χ0) is 22.3. The topological polar surface area (TPSA) is 9.23 Å². The summed E-state index contributed by atoms with van der Waals surface area (Å²) >= 11 is 0. The van der Waals surface area contributed by atoms with Crippen LogP contribution < -0.4 is 0 Å². The van der Waals surface area contributed by atoms with E-state index in [9.17, 15) is 0 Å². The third-order valence-corrected chi connectivity index (χ3v) is 8.23. The lowest BCUT2D eigenvalue weighted by Crippen LogP contribution is -2.19. The number of rotatable bonds is 8. The summed E-state index contributed by atoms with van der Waals surface area (Å²) in [5.74, 6) is 1.97. The van der Waals surface area contributed by atoms with E-state index in [2.05, 4.69) is 37.3 Å². The lowest BCUT2D eigenvalue weighted by molar-refractivity contribution is 0.0659. The van der Waals surface area contributed by atoms with E-state index in [1.807, 2.05) is 19.2 Å². The first-order chi connectivity index (χ1) is 15.7. The van der Waals surface area contributed by atoms with Crippen LogP contribution in [0.3, 0.4) is 0 Å². The van der Waals surface area contributed by atoms with Gasteiger partial charge in [-0.25, -0.2) is 4.39 Å². The predicted molar refractivity (Wildman–Crippen MR) is 133 cm³/mol. The Hall–Kier alpha value is -1.67. The average molecular weight is 437 g/mol. The second-order valence-corrected chi connectivity index (χ2v) is 10.3. The van der Waals surface area contributed by atoms with Crippen LogP contribution in [-0.4, -0.2) is 13.2 Å². The number of hydrogen-bond acceptors (Lipinski definition) is 1. The summed E-state index contributed by atoms with van der Waals surface area (Å²) < 4.78 is 20.6. The van der Waals surface area contributed by atoms with Crippen molar-refractivity contribution in [2.75, 3.05) is 7.11 Å². The van der Waals surface area contributed by atoms with E-state index < -0.39 is 0 Å². The van der Waals surface area contributed by atoms with Crippen LogP contribution in [0.2, 0.25) is 0 Å². The van der Waals surface area contributed by atoms with Crippen molar-refractivity contribution in [3.8, 4) is 11.1 Å². The van der Waals surface area contributed by atoms with E-state index >= 15 is 4.39 Å². The van der Waals surface area contributed by atoms with Crippen molar-refractivity contribution in [3.63, 3.8) is 0 Å². The van der Waals surface area contributed by atoms with Crippen LogP contribution in [0.25, 0.3) is 11.1 Å². The maximum atomic E-state index is 15.1. The minimum absolute atomic E-state index is 0.0686. The van der Waals surface area contributed by atoms with E-state index in [0.717, 1.165) is 29.9 Å². The highest BCUT2D eigenvalue weighted by atomic mass is 19.1. The molecule has 2 aromatic carbocycles. The smallest absolute Gasteiger partial charge is 0.131 e. The highest BCUT2D eigenvalue weighted by Gasteiger charge is 2.24. The van der Waals surface area contributed by atoms with Crippen LogP contribution in [0.5, 0.6) is 0 Å². The van der Waals surface area contributed by atoms with Gasteiger partial charge in [0.05, 0.1) is 6.10 Å². The molecule has 2 aliphatic carbocycles. The number of ether oxygens (including phenoxy) is 1. The van der Waals surface area contributed by atoms with Crippen molar-refractivity contribution in [1.82, 2.24) is 0 Å². The molecule has 0 saturated heterocycles. The Morgan fingerprint density at radius 1 is 0.781 bits per heavy atom. The standard InChI is InChI=1S/C30H41FO/c1-3-4-5-6-22-7-9-25(10-8-22)27-17-20-29(30(31)21-27)26-13-11-23(12-14-26)24-15-18-28(32-2)19-16-24/h11-14,17,20-22,24-25,28H,3-10,15-16,18-19H2,1-2H3. The molecule has 0 aromatic heterocycles. The Morgan fingerprint density at radius 2 is 1.41 bits per heavy atom. The van der Waals surface area contributed by atoms with Gasteiger partial charge >= 0.3 is 0 Å². The van der Waals surface area contributed by atoms with Crippen molar-refractivity contribution in [1.29, 1.82) is 0 Å². The largest absolute Gasteiger partial charge is 0.381 e. The molecular weight excluding hydrogens is 395 g/mol. The molecule has 0 bridgehead atoms. The molecule has 0 amide bonds. The van der Waals surface area contributed by atoms with E-state index in [1.165, 1.54) is 75.3 Å². The zero-order valence-corrected chi connectivity index (χ0v) is 20.1. The normalized spacial score (nSPS) is 26.2. The molecule has 0 unspecified atom stereocenters. The van der Waals surface area contributed by atoms with Crippen molar-refractivity contribution in [2.24, 2.45) is 5.92 Å². The summed E-state index contributed by atoms with van der Waals surface area (Å²) in [5.41, 5.74) is 4.31. The lowest BCUT2D eigenvalue weighted by Gasteiger charge is -2.29. The first kappa shape index (κ1) is 23.5. The highest BCUT2D eigenvalue weighted by molar-refractivity contribution is 5.65. The number of halogens is 1. The van der Waals surface area contributed by atoms with E-state index in [1.54, 1.807) is 0 Å². The number of benzene rings is 2. The fraction of sp³-hybridized carbons (Fsp3) is 0.600. The maximum absolute atomic E-state index is 15.1. The van der Waals surface area contributed by atoms with E-state index in [-0.39, 0.29) is 5.82 Å². The molecule has 32 heavy (non-hydrogen) atoms. The molecule has 1 nitrogen and oxygen atoms in total. The number of methoxy groups -OCH3 is 1. The SMILES string of the molecule is CCCCCC1CCC(c2ccc(-c3ccc(C4CCC(OC)CC4)cc3)c(F)c2)CC1. The zero-order valence-electron chi connectivity index (χ0n) is 20.1. The van der Waals surface area contributed by atoms with Gasteiger partial charge in [-0.3, -0.25) is 0 Å². The Labute approximate surface area is 194 Å². The van der Waals surface area contributed by atoms with Crippen LogP contribution in [0.15, 0.2) is 42.5 Å². The van der Waals surface area contributed by atoms with Gasteiger partial charge in [-0.1, -0.05) is 69.0 Å². The molecule has 2 fully saturated rings. The summed E-state index contributed by atoms with van der Waals surface area (Å²) in [6.07, 6.45) is 15.6. The molecule has 0 spiro atoms. The summed E-state index contributed by atoms with van der Waals surface area (Å²) in [4.78, 5) is 0. The summed E-state index contributed by atoms with van der Waals surface area (Å²) in [6, 6.07) is 14.6. The summed E-state index contributed by atoms with van der Waals surface area (Å²) in [6.45, 7) is 2.28. The molecule has 2 heteroatoms. The van der Waals surface area contributed by atoms with E-state index in [4.69, 9.17) is 4.74 Å². The Kier molecular flexibility index (Phi) is 8.41. The lowest BCUT2D eigenvalue weighted by atomic mass is 9.77. The third kappa shape index (κ3) is 5.81. The van der Waals surface area contributed by atoms with Crippen LogP contribution in [0.4, 0.5) is 4.39 Å². The molecule has 4 rings (SSSR count). The molecule has 2 aromatic rings. The van der Waals surface area contributed by atoms with Gasteiger partial charge in [0.25, 0.3) is 0 Å².